The second-order valence-electron chi connectivity index (χ2n) is 7.31. The molecule has 4 heterocycles. The quantitative estimate of drug-likeness (QED) is 0.704. The molecule has 0 aliphatic carbocycles. The van der Waals surface area contributed by atoms with Crippen molar-refractivity contribution in [3.63, 3.8) is 0 Å². The Hall–Kier alpha value is -2.75. The third kappa shape index (κ3) is 4.02. The van der Waals surface area contributed by atoms with E-state index in [2.05, 4.69) is 10.1 Å². The van der Waals surface area contributed by atoms with E-state index in [0.717, 1.165) is 23.3 Å². The van der Waals surface area contributed by atoms with Gasteiger partial charge in [-0.2, -0.15) is 16.3 Å². The van der Waals surface area contributed by atoms with Gasteiger partial charge in [-0.3, -0.25) is 14.5 Å². The van der Waals surface area contributed by atoms with Crippen molar-refractivity contribution >= 4 is 29.2 Å². The predicted octanol–water partition coefficient (Wildman–Crippen LogP) is 1.86. The number of likely N-dealkylation sites (tertiary alicyclic amines) is 1. The molecule has 1 atom stereocenters. The summed E-state index contributed by atoms with van der Waals surface area (Å²) < 4.78 is 5.38. The molecule has 2 saturated heterocycles. The number of likely N-dealkylation sites (N-methyl/N-ethyl adjacent to an activating group) is 1. The van der Waals surface area contributed by atoms with Gasteiger partial charge in [0.2, 0.25) is 11.7 Å². The molecule has 4 rings (SSSR count). The average Bonchev–Trinajstić information content (AvgIpc) is 3.42. The first-order valence-electron chi connectivity index (χ1n) is 9.81. The van der Waals surface area contributed by atoms with Gasteiger partial charge in [0.25, 0.3) is 0 Å². The number of aromatic nitrogens is 2. The number of carbonyl (C=O) groups is 3. The molecule has 0 aromatic carbocycles. The van der Waals surface area contributed by atoms with E-state index in [4.69, 9.17) is 4.52 Å². The molecule has 0 N–H and O–H groups in total. The van der Waals surface area contributed by atoms with Crippen LogP contribution in [0.3, 0.4) is 0 Å². The van der Waals surface area contributed by atoms with Crippen LogP contribution in [0.15, 0.2) is 21.3 Å². The van der Waals surface area contributed by atoms with Gasteiger partial charge in [0, 0.05) is 50.1 Å². The minimum absolute atomic E-state index is 0.172. The zero-order valence-electron chi connectivity index (χ0n) is 16.2. The first kappa shape index (κ1) is 19.6. The highest BCUT2D eigenvalue weighted by Gasteiger charge is 2.38. The molecule has 2 aromatic heterocycles. The van der Waals surface area contributed by atoms with Crippen LogP contribution in [0.4, 0.5) is 4.79 Å². The third-order valence-corrected chi connectivity index (χ3v) is 6.10. The summed E-state index contributed by atoms with van der Waals surface area (Å²) in [5, 5.41) is 7.96. The monoisotopic (exact) mass is 417 g/mol. The average molecular weight is 417 g/mol. The molecule has 0 saturated carbocycles. The number of piperidine rings is 1. The molecule has 10 heteroatoms. The number of imide groups is 1. The van der Waals surface area contributed by atoms with Crippen molar-refractivity contribution in [2.24, 2.45) is 5.92 Å². The van der Waals surface area contributed by atoms with Crippen molar-refractivity contribution in [3.05, 3.63) is 22.7 Å². The zero-order valence-corrected chi connectivity index (χ0v) is 17.1. The number of carbonyl (C=O) groups excluding carboxylic acids is 3. The van der Waals surface area contributed by atoms with Crippen LogP contribution < -0.4 is 0 Å². The largest absolute Gasteiger partial charge is 0.339 e. The maximum Gasteiger partial charge on any atom is 0.327 e. The molecule has 0 spiro atoms. The summed E-state index contributed by atoms with van der Waals surface area (Å²) in [4.78, 5) is 46.0. The SMILES string of the molecule is CCN1CCN(C(=O)N2CCC[C@@H](Cc3nc(-c4ccsc4)no3)C2)C(=O)C1=O. The van der Waals surface area contributed by atoms with Gasteiger partial charge in [-0.1, -0.05) is 5.16 Å². The van der Waals surface area contributed by atoms with Crippen LogP contribution in [0, 0.1) is 5.92 Å². The van der Waals surface area contributed by atoms with Gasteiger partial charge in [-0.25, -0.2) is 4.79 Å². The number of piperazine rings is 1. The molecule has 2 fully saturated rings. The van der Waals surface area contributed by atoms with Gasteiger partial charge >= 0.3 is 17.8 Å². The van der Waals surface area contributed by atoms with Crippen LogP contribution in [0.25, 0.3) is 11.4 Å². The van der Waals surface area contributed by atoms with Gasteiger partial charge in [-0.15, -0.1) is 0 Å². The molecule has 29 heavy (non-hydrogen) atoms. The van der Waals surface area contributed by atoms with E-state index in [0.29, 0.717) is 44.3 Å². The van der Waals surface area contributed by atoms with Gasteiger partial charge in [0.1, 0.15) is 0 Å². The summed E-state index contributed by atoms with van der Waals surface area (Å²) in [6.45, 7) is 4.00. The molecule has 0 radical (unpaired) electrons. The maximum atomic E-state index is 12.9. The summed E-state index contributed by atoms with van der Waals surface area (Å²) in [6, 6.07) is 1.56. The number of urea groups is 1. The third-order valence-electron chi connectivity index (χ3n) is 5.42. The van der Waals surface area contributed by atoms with Crippen LogP contribution in [0.1, 0.15) is 25.7 Å². The number of hydrogen-bond acceptors (Lipinski definition) is 7. The van der Waals surface area contributed by atoms with Crippen LogP contribution >= 0.6 is 11.3 Å². The van der Waals surface area contributed by atoms with Gasteiger partial charge in [0.15, 0.2) is 0 Å². The fraction of sp³-hybridized carbons (Fsp3) is 0.526. The Morgan fingerprint density at radius 2 is 2.14 bits per heavy atom. The Labute approximate surface area is 172 Å². The molecule has 0 bridgehead atoms. The second kappa shape index (κ2) is 8.32. The van der Waals surface area contributed by atoms with E-state index in [9.17, 15) is 14.4 Å². The van der Waals surface area contributed by atoms with E-state index in [-0.39, 0.29) is 18.5 Å². The lowest BCUT2D eigenvalue weighted by Crippen LogP contribution is -2.59. The Morgan fingerprint density at radius 3 is 2.90 bits per heavy atom. The van der Waals surface area contributed by atoms with Crippen molar-refractivity contribution in [3.8, 4) is 11.4 Å². The van der Waals surface area contributed by atoms with E-state index in [1.165, 1.54) is 4.90 Å². The molecule has 0 unspecified atom stereocenters. The predicted molar refractivity (Wildman–Crippen MR) is 105 cm³/mol. The lowest BCUT2D eigenvalue weighted by atomic mass is 9.95. The zero-order chi connectivity index (χ0) is 20.4. The van der Waals surface area contributed by atoms with E-state index in [1.807, 2.05) is 23.8 Å². The van der Waals surface area contributed by atoms with Crippen molar-refractivity contribution in [1.29, 1.82) is 0 Å². The number of rotatable bonds is 4. The highest BCUT2D eigenvalue weighted by molar-refractivity contribution is 7.08. The lowest BCUT2D eigenvalue weighted by Gasteiger charge is -2.38. The summed E-state index contributed by atoms with van der Waals surface area (Å²) in [5.74, 6) is -0.0440. The first-order chi connectivity index (χ1) is 14.1. The van der Waals surface area contributed by atoms with Gasteiger partial charge in [-0.05, 0) is 37.1 Å². The summed E-state index contributed by atoms with van der Waals surface area (Å²) in [7, 11) is 0. The molecule has 2 aliphatic heterocycles. The highest BCUT2D eigenvalue weighted by atomic mass is 32.1. The van der Waals surface area contributed by atoms with Crippen LogP contribution in [0.5, 0.6) is 0 Å². The fourth-order valence-corrected chi connectivity index (χ4v) is 4.46. The topological polar surface area (TPSA) is 99.8 Å². The molecule has 4 amide bonds. The van der Waals surface area contributed by atoms with Crippen molar-refractivity contribution < 1.29 is 18.9 Å². The van der Waals surface area contributed by atoms with Crippen molar-refractivity contribution in [2.75, 3.05) is 32.7 Å². The lowest BCUT2D eigenvalue weighted by molar-refractivity contribution is -0.154. The molecular formula is C19H23N5O4S. The Bertz CT molecular complexity index is 896. The minimum Gasteiger partial charge on any atom is -0.339 e. The first-order valence-corrected chi connectivity index (χ1v) is 10.8. The second-order valence-corrected chi connectivity index (χ2v) is 8.09. The Kier molecular flexibility index (Phi) is 5.61. The fourth-order valence-electron chi connectivity index (χ4n) is 3.83. The van der Waals surface area contributed by atoms with E-state index < -0.39 is 11.8 Å². The van der Waals surface area contributed by atoms with Gasteiger partial charge < -0.3 is 14.3 Å². The normalized spacial score (nSPS) is 20.4. The highest BCUT2D eigenvalue weighted by Crippen LogP contribution is 2.24. The number of thiophene rings is 1. The summed E-state index contributed by atoms with van der Waals surface area (Å²) in [6.07, 6.45) is 2.35. The van der Waals surface area contributed by atoms with Gasteiger partial charge in [0.05, 0.1) is 0 Å². The van der Waals surface area contributed by atoms with Crippen LogP contribution in [-0.2, 0) is 16.0 Å². The smallest absolute Gasteiger partial charge is 0.327 e. The van der Waals surface area contributed by atoms with Crippen LogP contribution in [-0.4, -0.2) is 75.4 Å². The van der Waals surface area contributed by atoms with E-state index in [1.54, 1.807) is 16.2 Å². The maximum absolute atomic E-state index is 12.9. The number of amides is 4. The summed E-state index contributed by atoms with van der Waals surface area (Å²) in [5.41, 5.74) is 0.930. The van der Waals surface area contributed by atoms with Crippen LogP contribution in [0.2, 0.25) is 0 Å². The Morgan fingerprint density at radius 1 is 1.28 bits per heavy atom. The van der Waals surface area contributed by atoms with E-state index >= 15 is 0 Å². The molecule has 2 aromatic rings. The Balaban J connectivity index is 1.38. The molecule has 2 aliphatic rings. The number of hydrogen-bond donors (Lipinski definition) is 0. The summed E-state index contributed by atoms with van der Waals surface area (Å²) >= 11 is 1.57. The molecular weight excluding hydrogens is 394 g/mol. The minimum atomic E-state index is -0.734. The van der Waals surface area contributed by atoms with Crippen molar-refractivity contribution in [1.82, 2.24) is 24.8 Å². The molecule has 9 nitrogen and oxygen atoms in total. The standard InChI is InChI=1S/C19H23N5O4S/c1-2-22-7-8-24(18(26)17(22)25)19(27)23-6-3-4-13(11-23)10-15-20-16(21-28-15)14-5-9-29-12-14/h5,9,12-13H,2-4,6-8,10-11H2,1H3/t13-/m0/s1. The number of nitrogens with zero attached hydrogens (tertiary/aromatic N) is 5. The molecule has 154 valence electrons. The van der Waals surface area contributed by atoms with Crippen molar-refractivity contribution in [2.45, 2.75) is 26.2 Å².